The lowest BCUT2D eigenvalue weighted by Gasteiger charge is -2.00. The second-order valence-corrected chi connectivity index (χ2v) is 1.79. The lowest BCUT2D eigenvalue weighted by molar-refractivity contribution is 0.341. The molecule has 1 aromatic rings. The Balaban J connectivity index is 2.71. The molecule has 0 N–H and O–H groups in total. The van der Waals surface area contributed by atoms with Crippen molar-refractivity contribution in [1.82, 2.24) is 4.98 Å². The van der Waals surface area contributed by atoms with Gasteiger partial charge in [0.2, 0.25) is 0 Å². The van der Waals surface area contributed by atoms with E-state index in [9.17, 15) is 4.39 Å². The summed E-state index contributed by atoms with van der Waals surface area (Å²) in [4.78, 5) is 3.37. The van der Waals surface area contributed by atoms with E-state index in [1.807, 2.05) is 0 Å². The first-order chi connectivity index (χ1) is 5.34. The highest BCUT2D eigenvalue weighted by molar-refractivity contribution is 5.18. The van der Waals surface area contributed by atoms with E-state index >= 15 is 0 Å². The van der Waals surface area contributed by atoms with Gasteiger partial charge in [-0.05, 0) is 12.1 Å². The Morgan fingerprint density at radius 1 is 1.73 bits per heavy atom. The SMILES string of the molecule is C#CCOc1cccnc1F. The van der Waals surface area contributed by atoms with Gasteiger partial charge in [-0.15, -0.1) is 6.42 Å². The summed E-state index contributed by atoms with van der Waals surface area (Å²) in [6, 6.07) is 3.05. The summed E-state index contributed by atoms with van der Waals surface area (Å²) >= 11 is 0. The Morgan fingerprint density at radius 2 is 2.55 bits per heavy atom. The summed E-state index contributed by atoms with van der Waals surface area (Å²) in [6.45, 7) is 0.0581. The van der Waals surface area contributed by atoms with Crippen molar-refractivity contribution in [3.63, 3.8) is 0 Å². The molecule has 0 aliphatic heterocycles. The first-order valence-electron chi connectivity index (χ1n) is 3.01. The molecular weight excluding hydrogens is 145 g/mol. The molecule has 11 heavy (non-hydrogen) atoms. The molecule has 0 amide bonds. The van der Waals surface area contributed by atoms with Gasteiger partial charge >= 0.3 is 0 Å². The van der Waals surface area contributed by atoms with Crippen LogP contribution in [0.4, 0.5) is 4.39 Å². The molecule has 0 saturated carbocycles. The van der Waals surface area contributed by atoms with Crippen molar-refractivity contribution in [1.29, 1.82) is 0 Å². The van der Waals surface area contributed by atoms with Crippen molar-refractivity contribution in [3.8, 4) is 18.1 Å². The summed E-state index contributed by atoms with van der Waals surface area (Å²) in [5.41, 5.74) is 0. The van der Waals surface area contributed by atoms with Gasteiger partial charge in [-0.1, -0.05) is 5.92 Å². The molecule has 0 unspecified atom stereocenters. The molecule has 0 radical (unpaired) electrons. The zero-order valence-corrected chi connectivity index (χ0v) is 5.75. The van der Waals surface area contributed by atoms with Gasteiger partial charge in [-0.3, -0.25) is 0 Å². The van der Waals surface area contributed by atoms with Crippen LogP contribution in [-0.4, -0.2) is 11.6 Å². The van der Waals surface area contributed by atoms with Gasteiger partial charge < -0.3 is 4.74 Å². The largest absolute Gasteiger partial charge is 0.476 e. The summed E-state index contributed by atoms with van der Waals surface area (Å²) in [6.07, 6.45) is 6.25. The standard InChI is InChI=1S/C8H6FNO/c1-2-6-11-7-4-3-5-10-8(7)9/h1,3-5H,6H2. The van der Waals surface area contributed by atoms with Crippen molar-refractivity contribution in [3.05, 3.63) is 24.3 Å². The second-order valence-electron chi connectivity index (χ2n) is 1.79. The minimum atomic E-state index is -0.636. The van der Waals surface area contributed by atoms with Crippen LogP contribution in [-0.2, 0) is 0 Å². The fourth-order valence-electron chi connectivity index (χ4n) is 0.598. The fourth-order valence-corrected chi connectivity index (χ4v) is 0.598. The van der Waals surface area contributed by atoms with E-state index in [0.717, 1.165) is 0 Å². The number of aromatic nitrogens is 1. The Labute approximate surface area is 64.0 Å². The van der Waals surface area contributed by atoms with Crippen molar-refractivity contribution < 1.29 is 9.13 Å². The number of pyridine rings is 1. The van der Waals surface area contributed by atoms with E-state index in [4.69, 9.17) is 11.2 Å². The highest BCUT2D eigenvalue weighted by Crippen LogP contribution is 2.11. The third-order valence-electron chi connectivity index (χ3n) is 1.04. The number of nitrogens with zero attached hydrogens (tertiary/aromatic N) is 1. The molecular formula is C8H6FNO. The molecule has 2 nitrogen and oxygen atoms in total. The van der Waals surface area contributed by atoms with E-state index in [1.165, 1.54) is 12.3 Å². The van der Waals surface area contributed by atoms with E-state index < -0.39 is 5.95 Å². The van der Waals surface area contributed by atoms with Gasteiger partial charge in [-0.25, -0.2) is 4.98 Å². The number of terminal acetylenes is 1. The van der Waals surface area contributed by atoms with E-state index in [-0.39, 0.29) is 12.4 Å². The number of ether oxygens (including phenoxy) is 1. The van der Waals surface area contributed by atoms with Crippen molar-refractivity contribution in [2.75, 3.05) is 6.61 Å². The highest BCUT2D eigenvalue weighted by atomic mass is 19.1. The van der Waals surface area contributed by atoms with Crippen LogP contribution in [0.1, 0.15) is 0 Å². The summed E-state index contributed by atoms with van der Waals surface area (Å²) in [7, 11) is 0. The molecule has 1 rings (SSSR count). The number of hydrogen-bond acceptors (Lipinski definition) is 2. The van der Waals surface area contributed by atoms with Gasteiger partial charge in [0.05, 0.1) is 0 Å². The molecule has 1 heterocycles. The smallest absolute Gasteiger partial charge is 0.255 e. The Hall–Kier alpha value is -1.56. The van der Waals surface area contributed by atoms with Crippen LogP contribution >= 0.6 is 0 Å². The Bertz CT molecular complexity index is 280. The second kappa shape index (κ2) is 3.57. The average molecular weight is 151 g/mol. The van der Waals surface area contributed by atoms with Crippen LogP contribution in [0.5, 0.6) is 5.75 Å². The van der Waals surface area contributed by atoms with E-state index in [1.54, 1.807) is 6.07 Å². The molecule has 0 fully saturated rings. The number of rotatable bonds is 2. The third-order valence-corrected chi connectivity index (χ3v) is 1.04. The van der Waals surface area contributed by atoms with Crippen LogP contribution in [0.25, 0.3) is 0 Å². The van der Waals surface area contributed by atoms with Crippen molar-refractivity contribution >= 4 is 0 Å². The van der Waals surface area contributed by atoms with Gasteiger partial charge in [0.15, 0.2) is 5.75 Å². The molecule has 0 aliphatic carbocycles. The van der Waals surface area contributed by atoms with Gasteiger partial charge in [0, 0.05) is 6.20 Å². The minimum absolute atomic E-state index is 0.0581. The first-order valence-corrected chi connectivity index (χ1v) is 3.01. The van der Waals surface area contributed by atoms with Crippen LogP contribution in [0, 0.1) is 18.3 Å². The van der Waals surface area contributed by atoms with Crippen LogP contribution < -0.4 is 4.74 Å². The van der Waals surface area contributed by atoms with Crippen molar-refractivity contribution in [2.45, 2.75) is 0 Å². The van der Waals surface area contributed by atoms with Crippen LogP contribution in [0.2, 0.25) is 0 Å². The predicted molar refractivity (Wildman–Crippen MR) is 38.5 cm³/mol. The zero-order chi connectivity index (χ0) is 8.10. The molecule has 0 aromatic carbocycles. The minimum Gasteiger partial charge on any atom is -0.476 e. The predicted octanol–water partition coefficient (Wildman–Crippen LogP) is 1.23. The van der Waals surface area contributed by atoms with Crippen molar-refractivity contribution in [2.24, 2.45) is 0 Å². The Kier molecular flexibility index (Phi) is 2.45. The van der Waals surface area contributed by atoms with E-state index in [2.05, 4.69) is 10.9 Å². The molecule has 0 atom stereocenters. The maximum absolute atomic E-state index is 12.6. The molecule has 0 spiro atoms. The maximum atomic E-state index is 12.6. The van der Waals surface area contributed by atoms with Crippen LogP contribution in [0.15, 0.2) is 18.3 Å². The summed E-state index contributed by atoms with van der Waals surface area (Å²) < 4.78 is 17.4. The third kappa shape index (κ3) is 1.94. The lowest BCUT2D eigenvalue weighted by atomic mass is 10.4. The number of halogens is 1. The first kappa shape index (κ1) is 7.55. The topological polar surface area (TPSA) is 22.1 Å². The maximum Gasteiger partial charge on any atom is 0.255 e. The summed E-state index contributed by atoms with van der Waals surface area (Å²) in [5, 5.41) is 0. The van der Waals surface area contributed by atoms with Gasteiger partial charge in [0.1, 0.15) is 6.61 Å². The van der Waals surface area contributed by atoms with E-state index in [0.29, 0.717) is 0 Å². The Morgan fingerprint density at radius 3 is 3.18 bits per heavy atom. The highest BCUT2D eigenvalue weighted by Gasteiger charge is 2.00. The monoisotopic (exact) mass is 151 g/mol. The molecule has 56 valence electrons. The quantitative estimate of drug-likeness (QED) is 0.468. The molecule has 0 bridgehead atoms. The molecule has 0 aliphatic rings. The average Bonchev–Trinajstić information content (AvgIpc) is 2.03. The summed E-state index contributed by atoms with van der Waals surface area (Å²) in [5.74, 6) is 1.68. The lowest BCUT2D eigenvalue weighted by Crippen LogP contribution is -1.96. The fraction of sp³-hybridized carbons (Fsp3) is 0.125. The normalized spacial score (nSPS) is 8.73. The zero-order valence-electron chi connectivity index (χ0n) is 5.75. The molecule has 1 aromatic heterocycles. The van der Waals surface area contributed by atoms with Crippen LogP contribution in [0.3, 0.4) is 0 Å². The molecule has 0 saturated heterocycles. The van der Waals surface area contributed by atoms with Gasteiger partial charge in [0.25, 0.3) is 5.95 Å². The van der Waals surface area contributed by atoms with Gasteiger partial charge in [-0.2, -0.15) is 4.39 Å². The number of hydrogen-bond donors (Lipinski definition) is 0. The molecule has 3 heteroatoms.